The quantitative estimate of drug-likeness (QED) is 0.601. The van der Waals surface area contributed by atoms with E-state index in [2.05, 4.69) is 5.32 Å². The van der Waals surface area contributed by atoms with Crippen molar-refractivity contribution in [3.8, 4) is 11.5 Å². The third-order valence-corrected chi connectivity index (χ3v) is 3.83. The van der Waals surface area contributed by atoms with Crippen LogP contribution >= 0.6 is 11.6 Å². The van der Waals surface area contributed by atoms with E-state index in [1.165, 1.54) is 18.2 Å². The van der Waals surface area contributed by atoms with Crippen molar-refractivity contribution in [2.24, 2.45) is 0 Å². The summed E-state index contributed by atoms with van der Waals surface area (Å²) in [5.74, 6) is -0.626. The van der Waals surface area contributed by atoms with Gasteiger partial charge in [-0.15, -0.1) is 11.6 Å². The van der Waals surface area contributed by atoms with Crippen molar-refractivity contribution in [1.82, 2.24) is 5.32 Å². The van der Waals surface area contributed by atoms with Crippen molar-refractivity contribution in [2.45, 2.75) is 12.5 Å². The van der Waals surface area contributed by atoms with E-state index in [1.807, 2.05) is 30.3 Å². The van der Waals surface area contributed by atoms with E-state index in [1.54, 1.807) is 6.92 Å². The molecule has 0 saturated carbocycles. The molecule has 0 bridgehead atoms. The second kappa shape index (κ2) is 6.06. The van der Waals surface area contributed by atoms with Crippen molar-refractivity contribution in [3.05, 3.63) is 59.7 Å². The molecule has 4 nitrogen and oxygen atoms in total. The molecule has 0 spiro atoms. The number of alkyl halides is 1. The number of hydrogen-bond acceptors (Lipinski definition) is 3. The molecule has 0 aliphatic heterocycles. The summed E-state index contributed by atoms with van der Waals surface area (Å²) in [4.78, 5) is 12.3. The minimum atomic E-state index is -0.780. The van der Waals surface area contributed by atoms with Crippen molar-refractivity contribution in [3.63, 3.8) is 0 Å². The normalized spacial score (nSPS) is 13.4. The van der Waals surface area contributed by atoms with Crippen LogP contribution in [-0.4, -0.2) is 22.0 Å². The standard InChI is InChI=1S/C16H16ClNO3/c1-16(10-17,11-5-3-2-4-6-11)18-15(21)13-9-12(19)7-8-14(13)20/h2-9,19-20H,10H2,1H3,(H,18,21). The molecule has 5 heteroatoms. The molecule has 2 rings (SSSR count). The van der Waals surface area contributed by atoms with E-state index in [9.17, 15) is 15.0 Å². The van der Waals surface area contributed by atoms with Gasteiger partial charge in [-0.25, -0.2) is 0 Å². The van der Waals surface area contributed by atoms with Crippen LogP contribution in [-0.2, 0) is 5.54 Å². The summed E-state index contributed by atoms with van der Waals surface area (Å²) in [5, 5.41) is 22.0. The fraction of sp³-hybridized carbons (Fsp3) is 0.188. The molecule has 2 aromatic rings. The summed E-state index contributed by atoms with van der Waals surface area (Å²) in [5.41, 5.74) is 0.0768. The van der Waals surface area contributed by atoms with Crippen LogP contribution in [0.4, 0.5) is 0 Å². The van der Waals surface area contributed by atoms with Gasteiger partial charge in [0.1, 0.15) is 11.5 Å². The number of hydrogen-bond donors (Lipinski definition) is 3. The van der Waals surface area contributed by atoms with Crippen molar-refractivity contribution in [2.75, 3.05) is 5.88 Å². The van der Waals surface area contributed by atoms with Gasteiger partial charge in [0.15, 0.2) is 0 Å². The average molecular weight is 306 g/mol. The van der Waals surface area contributed by atoms with Crippen LogP contribution < -0.4 is 5.32 Å². The minimum absolute atomic E-state index is 0.00210. The zero-order chi connectivity index (χ0) is 15.5. The molecule has 110 valence electrons. The number of aromatic hydroxyl groups is 2. The first-order valence-corrected chi connectivity index (χ1v) is 6.96. The number of rotatable bonds is 4. The summed E-state index contributed by atoms with van der Waals surface area (Å²) in [7, 11) is 0. The minimum Gasteiger partial charge on any atom is -0.508 e. The first-order valence-electron chi connectivity index (χ1n) is 6.42. The van der Waals surface area contributed by atoms with Crippen molar-refractivity contribution < 1.29 is 15.0 Å². The highest BCUT2D eigenvalue weighted by molar-refractivity contribution is 6.19. The Balaban J connectivity index is 2.30. The lowest BCUT2D eigenvalue weighted by molar-refractivity contribution is 0.0910. The highest BCUT2D eigenvalue weighted by atomic mass is 35.5. The van der Waals surface area contributed by atoms with Crippen LogP contribution in [0.1, 0.15) is 22.8 Å². The molecule has 2 aromatic carbocycles. The number of amides is 1. The van der Waals surface area contributed by atoms with Crippen LogP contribution in [0.5, 0.6) is 11.5 Å². The van der Waals surface area contributed by atoms with Gasteiger partial charge in [0.2, 0.25) is 0 Å². The molecule has 1 atom stereocenters. The third-order valence-electron chi connectivity index (χ3n) is 3.29. The van der Waals surface area contributed by atoms with Gasteiger partial charge in [0.05, 0.1) is 11.1 Å². The van der Waals surface area contributed by atoms with E-state index in [0.29, 0.717) is 0 Å². The Morgan fingerprint density at radius 1 is 1.19 bits per heavy atom. The summed E-state index contributed by atoms with van der Waals surface area (Å²) < 4.78 is 0. The largest absolute Gasteiger partial charge is 0.508 e. The monoisotopic (exact) mass is 305 g/mol. The highest BCUT2D eigenvalue weighted by Crippen LogP contribution is 2.26. The van der Waals surface area contributed by atoms with E-state index >= 15 is 0 Å². The molecule has 0 saturated heterocycles. The van der Waals surface area contributed by atoms with Gasteiger partial charge in [0.25, 0.3) is 5.91 Å². The predicted molar refractivity (Wildman–Crippen MR) is 81.8 cm³/mol. The lowest BCUT2D eigenvalue weighted by atomic mass is 9.93. The highest BCUT2D eigenvalue weighted by Gasteiger charge is 2.28. The van der Waals surface area contributed by atoms with Gasteiger partial charge in [-0.05, 0) is 30.7 Å². The van der Waals surface area contributed by atoms with E-state index in [4.69, 9.17) is 11.6 Å². The predicted octanol–water partition coefficient (Wildman–Crippen LogP) is 2.98. The van der Waals surface area contributed by atoms with Gasteiger partial charge in [-0.2, -0.15) is 0 Å². The van der Waals surface area contributed by atoms with Crippen LogP contribution in [0.3, 0.4) is 0 Å². The van der Waals surface area contributed by atoms with Crippen LogP contribution in [0.25, 0.3) is 0 Å². The molecule has 0 heterocycles. The molecule has 0 aromatic heterocycles. The van der Waals surface area contributed by atoms with Crippen molar-refractivity contribution in [1.29, 1.82) is 0 Å². The fourth-order valence-corrected chi connectivity index (χ4v) is 2.23. The van der Waals surface area contributed by atoms with Gasteiger partial charge >= 0.3 is 0 Å². The Morgan fingerprint density at radius 2 is 1.86 bits per heavy atom. The first kappa shape index (κ1) is 15.2. The van der Waals surface area contributed by atoms with Gasteiger partial charge in [0, 0.05) is 5.88 Å². The Hall–Kier alpha value is -2.20. The molecule has 21 heavy (non-hydrogen) atoms. The maximum absolute atomic E-state index is 12.3. The number of carbonyl (C=O) groups is 1. The SMILES string of the molecule is CC(CCl)(NC(=O)c1cc(O)ccc1O)c1ccccc1. The number of phenols is 2. The molecular weight excluding hydrogens is 290 g/mol. The second-order valence-electron chi connectivity index (χ2n) is 4.99. The second-order valence-corrected chi connectivity index (χ2v) is 5.25. The summed E-state index contributed by atoms with van der Waals surface area (Å²) in [6.07, 6.45) is 0. The molecule has 0 fully saturated rings. The van der Waals surface area contributed by atoms with E-state index < -0.39 is 11.4 Å². The van der Waals surface area contributed by atoms with Crippen LogP contribution in [0, 0.1) is 0 Å². The molecule has 0 aliphatic rings. The molecular formula is C16H16ClNO3. The number of halogens is 1. The number of benzene rings is 2. The van der Waals surface area contributed by atoms with E-state index in [0.717, 1.165) is 5.56 Å². The fourth-order valence-electron chi connectivity index (χ4n) is 2.01. The molecule has 1 amide bonds. The molecule has 1 unspecified atom stereocenters. The Kier molecular flexibility index (Phi) is 4.38. The number of nitrogens with one attached hydrogen (secondary N) is 1. The summed E-state index contributed by atoms with van der Waals surface area (Å²) in [6.45, 7) is 1.80. The van der Waals surface area contributed by atoms with Crippen LogP contribution in [0.2, 0.25) is 0 Å². The lowest BCUT2D eigenvalue weighted by Crippen LogP contribution is -2.45. The molecule has 3 N–H and O–H groups in total. The smallest absolute Gasteiger partial charge is 0.255 e. The van der Waals surface area contributed by atoms with Gasteiger partial charge < -0.3 is 15.5 Å². The van der Waals surface area contributed by atoms with Crippen molar-refractivity contribution >= 4 is 17.5 Å². The molecule has 0 radical (unpaired) electrons. The average Bonchev–Trinajstić information content (AvgIpc) is 2.50. The molecule has 0 aliphatic carbocycles. The summed E-state index contributed by atoms with van der Waals surface area (Å²) >= 11 is 6.02. The maximum atomic E-state index is 12.3. The summed E-state index contributed by atoms with van der Waals surface area (Å²) in [6, 6.07) is 13.1. The van der Waals surface area contributed by atoms with E-state index in [-0.39, 0.29) is 22.9 Å². The van der Waals surface area contributed by atoms with Gasteiger partial charge in [-0.1, -0.05) is 30.3 Å². The zero-order valence-electron chi connectivity index (χ0n) is 11.5. The lowest BCUT2D eigenvalue weighted by Gasteiger charge is -2.29. The third kappa shape index (κ3) is 3.28. The van der Waals surface area contributed by atoms with Gasteiger partial charge in [-0.3, -0.25) is 4.79 Å². The zero-order valence-corrected chi connectivity index (χ0v) is 12.3. The number of carbonyl (C=O) groups excluding carboxylic acids is 1. The Bertz CT molecular complexity index is 645. The Labute approximate surface area is 128 Å². The topological polar surface area (TPSA) is 69.6 Å². The first-order chi connectivity index (χ1) is 9.96. The van der Waals surface area contributed by atoms with Crippen LogP contribution in [0.15, 0.2) is 48.5 Å². The maximum Gasteiger partial charge on any atom is 0.255 e. The number of phenolic OH excluding ortho intramolecular Hbond substituents is 2. The Morgan fingerprint density at radius 3 is 2.48 bits per heavy atom.